The van der Waals surface area contributed by atoms with Crippen LogP contribution in [0.4, 0.5) is 0 Å². The van der Waals surface area contributed by atoms with Gasteiger partial charge < -0.3 is 25.2 Å². The summed E-state index contributed by atoms with van der Waals surface area (Å²) in [5.41, 5.74) is -3.02. The highest BCUT2D eigenvalue weighted by Gasteiger charge is 2.50. The number of carbonyl (C=O) groups excluding carboxylic acids is 1. The Bertz CT molecular complexity index is 661. The molecule has 0 spiro atoms. The van der Waals surface area contributed by atoms with Gasteiger partial charge in [0, 0.05) is 5.92 Å². The monoisotopic (exact) mass is 386 g/mol. The number of hydrogen-bond acceptors (Lipinski definition) is 6. The summed E-state index contributed by atoms with van der Waals surface area (Å²) < 4.78 is 5.56. The lowest BCUT2D eigenvalue weighted by Crippen LogP contribution is -2.55. The fraction of sp³-hybridized carbons (Fsp3) is 0.632. The van der Waals surface area contributed by atoms with Gasteiger partial charge in [-0.3, -0.25) is 4.79 Å². The largest absolute Gasteiger partial charge is 0.493 e. The second kappa shape index (κ2) is 7.44. The van der Waals surface area contributed by atoms with Crippen LogP contribution in [0.15, 0.2) is 34.6 Å². The van der Waals surface area contributed by atoms with Gasteiger partial charge in [0.15, 0.2) is 5.60 Å². The molecule has 6 nitrogen and oxygen atoms in total. The molecule has 7 heteroatoms. The smallest absolute Gasteiger partial charge is 0.208 e. The molecule has 1 aliphatic heterocycles. The number of aliphatic hydroxyl groups excluding tert-OH is 2. The molecule has 0 fully saturated rings. The topological polar surface area (TPSA) is 107 Å². The van der Waals surface area contributed by atoms with Gasteiger partial charge in [-0.25, -0.2) is 0 Å². The van der Waals surface area contributed by atoms with Crippen LogP contribution in [-0.2, 0) is 9.53 Å². The van der Waals surface area contributed by atoms with Crippen LogP contribution in [0.25, 0.3) is 0 Å². The Morgan fingerprint density at radius 3 is 2.73 bits per heavy atom. The maximum absolute atomic E-state index is 12.2. The molecule has 0 radical (unpaired) electrons. The van der Waals surface area contributed by atoms with Gasteiger partial charge in [0.05, 0.1) is 17.7 Å². The van der Waals surface area contributed by atoms with Crippen LogP contribution in [0.2, 0.25) is 0 Å². The molecule has 2 aliphatic rings. The van der Waals surface area contributed by atoms with Gasteiger partial charge >= 0.3 is 0 Å². The van der Waals surface area contributed by atoms with Gasteiger partial charge in [-0.2, -0.15) is 0 Å². The van der Waals surface area contributed by atoms with Crippen molar-refractivity contribution in [2.24, 2.45) is 11.8 Å². The predicted molar refractivity (Wildman–Crippen MR) is 97.3 cm³/mol. The minimum Gasteiger partial charge on any atom is -0.493 e. The van der Waals surface area contributed by atoms with Crippen molar-refractivity contribution >= 4 is 17.4 Å². The van der Waals surface area contributed by atoms with E-state index in [1.165, 1.54) is 32.1 Å². The molecule has 146 valence electrons. The van der Waals surface area contributed by atoms with Crippen LogP contribution in [-0.4, -0.2) is 56.2 Å². The van der Waals surface area contributed by atoms with Crippen LogP contribution >= 0.6 is 11.6 Å². The molecule has 0 saturated carbocycles. The fourth-order valence-corrected chi connectivity index (χ4v) is 3.58. The van der Waals surface area contributed by atoms with E-state index in [9.17, 15) is 25.2 Å². The molecule has 0 aromatic rings. The first kappa shape index (κ1) is 21.1. The van der Waals surface area contributed by atoms with Crippen molar-refractivity contribution in [3.05, 3.63) is 34.6 Å². The standard InChI is InChI=1S/C19H27ClO6/c1-5-10(2)15(21)18(3,24)7-6-11-8-12-13(9-26-11)16(22)19(4,25)17(23)14(12)20/h6-8,10,13,15-16,21-22,24-25H,5,9H2,1-4H3/b7-6+/t10-,13+,15-,16+,18+,19-/m0/s1. The van der Waals surface area contributed by atoms with E-state index in [-0.39, 0.29) is 17.6 Å². The van der Waals surface area contributed by atoms with E-state index in [0.29, 0.717) is 17.8 Å². The third kappa shape index (κ3) is 3.75. The summed E-state index contributed by atoms with van der Waals surface area (Å²) in [7, 11) is 0. The average Bonchev–Trinajstić information content (AvgIpc) is 2.61. The molecule has 1 aliphatic carbocycles. The molecule has 0 saturated heterocycles. The Balaban J connectivity index is 2.29. The van der Waals surface area contributed by atoms with Crippen LogP contribution in [0, 0.1) is 11.8 Å². The average molecular weight is 387 g/mol. The van der Waals surface area contributed by atoms with Gasteiger partial charge in [0.2, 0.25) is 5.78 Å². The molecule has 6 atom stereocenters. The van der Waals surface area contributed by atoms with Crippen LogP contribution in [0.5, 0.6) is 0 Å². The van der Waals surface area contributed by atoms with E-state index in [1.807, 2.05) is 13.8 Å². The Labute approximate surface area is 158 Å². The minimum atomic E-state index is -1.96. The summed E-state index contributed by atoms with van der Waals surface area (Å²) >= 11 is 6.10. The van der Waals surface area contributed by atoms with Crippen molar-refractivity contribution in [3.8, 4) is 0 Å². The number of fused-ring (bicyclic) bond motifs is 1. The lowest BCUT2D eigenvalue weighted by atomic mass is 9.75. The van der Waals surface area contributed by atoms with E-state index in [4.69, 9.17) is 16.3 Å². The van der Waals surface area contributed by atoms with Gasteiger partial charge in [0.1, 0.15) is 17.5 Å². The predicted octanol–water partition coefficient (Wildman–Crippen LogP) is 1.42. The zero-order chi connectivity index (χ0) is 19.9. The minimum absolute atomic E-state index is 0.0301. The van der Waals surface area contributed by atoms with Crippen LogP contribution < -0.4 is 0 Å². The lowest BCUT2D eigenvalue weighted by Gasteiger charge is -2.40. The van der Waals surface area contributed by atoms with E-state index in [1.54, 1.807) is 0 Å². The highest BCUT2D eigenvalue weighted by molar-refractivity contribution is 6.44. The molecule has 0 aromatic heterocycles. The van der Waals surface area contributed by atoms with E-state index in [2.05, 4.69) is 0 Å². The molecule has 1 heterocycles. The molecule has 4 N–H and O–H groups in total. The Morgan fingerprint density at radius 1 is 1.54 bits per heavy atom. The highest BCUT2D eigenvalue weighted by atomic mass is 35.5. The van der Waals surface area contributed by atoms with E-state index >= 15 is 0 Å². The van der Waals surface area contributed by atoms with Gasteiger partial charge in [-0.1, -0.05) is 31.9 Å². The summed E-state index contributed by atoms with van der Waals surface area (Å²) in [5.74, 6) is -1.12. The number of allylic oxidation sites excluding steroid dienone is 2. The summed E-state index contributed by atoms with van der Waals surface area (Å²) in [6.45, 7) is 6.53. The normalized spacial score (nSPS) is 34.0. The Hall–Kier alpha value is -1.18. The Morgan fingerprint density at radius 2 is 2.15 bits per heavy atom. The van der Waals surface area contributed by atoms with Crippen molar-refractivity contribution < 1.29 is 30.0 Å². The van der Waals surface area contributed by atoms with Crippen molar-refractivity contribution in [2.75, 3.05) is 6.61 Å². The SMILES string of the molecule is CC[C@H](C)[C@H](O)[C@](C)(O)/C=C/C1=CC2=C(Cl)C(=O)[C@@](C)(O)[C@H](O)[C@@H]2CO1. The molecular formula is C19H27ClO6. The summed E-state index contributed by atoms with van der Waals surface area (Å²) in [6.07, 6.45) is 2.88. The second-order valence-corrected chi connectivity index (χ2v) is 7.92. The molecule has 0 unspecified atom stereocenters. The van der Waals surface area contributed by atoms with E-state index in [0.717, 1.165) is 0 Å². The second-order valence-electron chi connectivity index (χ2n) is 7.54. The number of ketones is 1. The molecular weight excluding hydrogens is 360 g/mol. The number of ether oxygens (including phenoxy) is 1. The highest BCUT2D eigenvalue weighted by Crippen LogP contribution is 2.40. The lowest BCUT2D eigenvalue weighted by molar-refractivity contribution is -0.150. The molecule has 2 rings (SSSR count). The molecule has 0 aromatic carbocycles. The number of carbonyl (C=O) groups is 1. The molecule has 26 heavy (non-hydrogen) atoms. The van der Waals surface area contributed by atoms with Crippen LogP contribution in [0.3, 0.4) is 0 Å². The van der Waals surface area contributed by atoms with Crippen LogP contribution in [0.1, 0.15) is 34.1 Å². The fourth-order valence-electron chi connectivity index (χ4n) is 3.19. The van der Waals surface area contributed by atoms with Crippen molar-refractivity contribution in [1.29, 1.82) is 0 Å². The first-order valence-corrected chi connectivity index (χ1v) is 9.10. The summed E-state index contributed by atoms with van der Waals surface area (Å²) in [6, 6.07) is 0. The van der Waals surface area contributed by atoms with Gasteiger partial charge in [-0.05, 0) is 43.6 Å². The van der Waals surface area contributed by atoms with Gasteiger partial charge in [0.25, 0.3) is 0 Å². The first-order valence-electron chi connectivity index (χ1n) is 8.72. The summed E-state index contributed by atoms with van der Waals surface area (Å²) in [4.78, 5) is 12.2. The maximum atomic E-state index is 12.2. The molecule has 0 amide bonds. The van der Waals surface area contributed by atoms with E-state index < -0.39 is 35.1 Å². The van der Waals surface area contributed by atoms with Crippen molar-refractivity contribution in [2.45, 2.75) is 57.5 Å². The Kier molecular flexibility index (Phi) is 6.05. The summed E-state index contributed by atoms with van der Waals surface area (Å²) in [5, 5.41) is 41.0. The maximum Gasteiger partial charge on any atom is 0.208 e. The third-order valence-corrected chi connectivity index (χ3v) is 5.75. The number of Topliss-reactive ketones (excluding diaryl/α,β-unsaturated/α-hetero) is 1. The zero-order valence-electron chi connectivity index (χ0n) is 15.4. The third-order valence-electron chi connectivity index (χ3n) is 5.36. The first-order chi connectivity index (χ1) is 11.9. The molecule has 0 bridgehead atoms. The van der Waals surface area contributed by atoms with Crippen molar-refractivity contribution in [1.82, 2.24) is 0 Å². The van der Waals surface area contributed by atoms with Crippen molar-refractivity contribution in [3.63, 3.8) is 0 Å². The number of hydrogen-bond donors (Lipinski definition) is 4. The quantitative estimate of drug-likeness (QED) is 0.569. The van der Waals surface area contributed by atoms with Gasteiger partial charge in [-0.15, -0.1) is 0 Å². The number of rotatable bonds is 5. The number of halogens is 1. The number of aliphatic hydroxyl groups is 4. The zero-order valence-corrected chi connectivity index (χ0v) is 16.2.